The quantitative estimate of drug-likeness (QED) is 0.261. The topological polar surface area (TPSA) is 0 Å². The van der Waals surface area contributed by atoms with E-state index in [0.29, 0.717) is 0 Å². The Bertz CT molecular complexity index is 334. The second-order valence-electron chi connectivity index (χ2n) is 6.06. The first kappa shape index (κ1) is 32.1. The maximum atomic E-state index is 5.11. The van der Waals surface area contributed by atoms with Crippen LogP contribution in [-0.2, 0) is 0 Å². The molecule has 2 aliphatic carbocycles. The van der Waals surface area contributed by atoms with Crippen molar-refractivity contribution in [1.29, 1.82) is 0 Å². The zero-order chi connectivity index (χ0) is 21.6. The number of hydrogen-bond acceptors (Lipinski definition) is 0. The van der Waals surface area contributed by atoms with E-state index < -0.39 is 13.5 Å². The Balaban J connectivity index is 0. The number of rotatable bonds is 1. The van der Waals surface area contributed by atoms with E-state index in [1.807, 2.05) is 0 Å². The Hall–Kier alpha value is 2.93. The normalized spacial score (nSPS) is 21.6. The fraction of sp³-hybridized carbons (Fsp3) is 0.875. The van der Waals surface area contributed by atoms with Gasteiger partial charge in [-0.25, -0.2) is 0 Å². The van der Waals surface area contributed by atoms with Crippen molar-refractivity contribution in [3.05, 3.63) is 8.98 Å². The summed E-state index contributed by atoms with van der Waals surface area (Å²) in [7, 11) is 0. The summed E-state index contributed by atoms with van der Waals surface area (Å²) in [5.74, 6) is 2.31. The molecule has 0 nitrogen and oxygen atoms in total. The molecule has 0 N–H and O–H groups in total. The van der Waals surface area contributed by atoms with Crippen molar-refractivity contribution in [2.75, 3.05) is 0 Å². The monoisotopic (exact) mass is 600 g/mol. The van der Waals surface area contributed by atoms with Crippen molar-refractivity contribution in [3.8, 4) is 0 Å². The van der Waals surface area contributed by atoms with Crippen LogP contribution in [0.25, 0.3) is 0 Å². The fourth-order valence-corrected chi connectivity index (χ4v) is 2.86. The third kappa shape index (κ3) is 25.1. The molecule has 0 aromatic carbocycles. The van der Waals surface area contributed by atoms with E-state index in [0.717, 1.165) is 11.8 Å². The molecule has 0 heterocycles. The highest BCUT2D eigenvalue weighted by molar-refractivity contribution is 6.68. The zero-order valence-electron chi connectivity index (χ0n) is 14.6. The molecule has 2 fully saturated rings. The lowest BCUT2D eigenvalue weighted by Crippen LogP contribution is -2.22. The van der Waals surface area contributed by atoms with Crippen LogP contribution < -0.4 is 0 Å². The lowest BCUT2D eigenvalue weighted by Gasteiger charge is -2.35. The van der Waals surface area contributed by atoms with E-state index in [9.17, 15) is 0 Å². The van der Waals surface area contributed by atoms with Gasteiger partial charge in [-0.05, 0) is 18.8 Å². The maximum absolute atomic E-state index is 5.11. The van der Waals surface area contributed by atoms with E-state index in [1.165, 1.54) is 32.6 Å². The Morgan fingerprint density at radius 2 is 0.815 bits per heavy atom. The van der Waals surface area contributed by atoms with Gasteiger partial charge in [-0.1, -0.05) is 133 Å². The Kier molecular flexibility index (Phi) is 22.0. The molecule has 0 aromatic rings. The first-order chi connectivity index (χ1) is 12.3. The van der Waals surface area contributed by atoms with Crippen LogP contribution in [0.5, 0.6) is 0 Å². The van der Waals surface area contributed by atoms with Gasteiger partial charge in [0, 0.05) is 0 Å². The van der Waals surface area contributed by atoms with Gasteiger partial charge in [0.25, 0.3) is 0 Å². The Morgan fingerprint density at radius 1 is 0.630 bits per heavy atom. The summed E-state index contributed by atoms with van der Waals surface area (Å²) < 4.78 is -1.28. The van der Waals surface area contributed by atoms with Gasteiger partial charge < -0.3 is 0 Å². The molecule has 0 aliphatic heterocycles. The second kappa shape index (κ2) is 18.5. The predicted molar refractivity (Wildman–Crippen MR) is 131 cm³/mol. The average Bonchev–Trinajstić information content (AvgIpc) is 2.54. The summed E-state index contributed by atoms with van der Waals surface area (Å²) in [5.41, 5.74) is 0. The van der Waals surface area contributed by atoms with Gasteiger partial charge in [-0.15, -0.1) is 46.4 Å². The van der Waals surface area contributed by atoms with Crippen LogP contribution in [0.4, 0.5) is 0 Å². The van der Waals surface area contributed by atoms with Crippen LogP contribution in [0.2, 0.25) is 0 Å². The van der Waals surface area contributed by atoms with Crippen LogP contribution in [-0.4, -0.2) is 13.5 Å². The fourth-order valence-electron chi connectivity index (χ4n) is 2.86. The van der Waals surface area contributed by atoms with Crippen molar-refractivity contribution >= 4 is 128 Å². The maximum Gasteiger partial charge on any atom is 0.187 e. The number of alkyl halides is 7. The average molecular weight is 605 g/mol. The van der Waals surface area contributed by atoms with Gasteiger partial charge in [-0.3, -0.25) is 0 Å². The molecule has 0 amide bonds. The third-order valence-corrected chi connectivity index (χ3v) is 6.47. The van der Waals surface area contributed by atoms with Gasteiger partial charge in [0.2, 0.25) is 0 Å². The first-order valence-corrected chi connectivity index (χ1v) is 12.6. The number of halogens is 11. The minimum Gasteiger partial charge on any atom is -0.102 e. The van der Waals surface area contributed by atoms with E-state index in [2.05, 4.69) is 0 Å². The van der Waals surface area contributed by atoms with Gasteiger partial charge in [-0.2, -0.15) is 0 Å². The van der Waals surface area contributed by atoms with E-state index in [1.54, 1.807) is 25.7 Å². The lowest BCUT2D eigenvalue weighted by atomic mass is 9.71. The lowest BCUT2D eigenvalue weighted by molar-refractivity contribution is 0.171. The van der Waals surface area contributed by atoms with Crippen LogP contribution >= 0.6 is 128 Å². The summed E-state index contributed by atoms with van der Waals surface area (Å²) >= 11 is 55.6. The van der Waals surface area contributed by atoms with Gasteiger partial charge >= 0.3 is 0 Å². The van der Waals surface area contributed by atoms with Crippen molar-refractivity contribution in [1.82, 2.24) is 0 Å². The van der Waals surface area contributed by atoms with Crippen LogP contribution in [0, 0.1) is 11.8 Å². The van der Waals surface area contributed by atoms with Gasteiger partial charge in [0.1, 0.15) is 18.7 Å². The third-order valence-electron chi connectivity index (χ3n) is 3.80. The van der Waals surface area contributed by atoms with Gasteiger partial charge in [0.05, 0.1) is 0 Å². The van der Waals surface area contributed by atoms with E-state index in [4.69, 9.17) is 128 Å². The minimum atomic E-state index is -1.08. The highest BCUT2D eigenvalue weighted by Gasteiger charge is 2.26. The van der Waals surface area contributed by atoms with E-state index >= 15 is 0 Å². The molecule has 11 heteroatoms. The molecule has 164 valence electrons. The van der Waals surface area contributed by atoms with Gasteiger partial charge in [0.15, 0.2) is 3.79 Å². The molecule has 0 unspecified atom stereocenters. The second-order valence-corrected chi connectivity index (χ2v) is 13.1. The molecule has 2 aliphatic rings. The largest absolute Gasteiger partial charge is 0.187 e. The molecule has 0 atom stereocenters. The SMILES string of the molecule is C1CCC2CCCCC2C1.CC(Cl)(Cl)Cl.ClC(Cl)=C(Cl)Cl.ClC(Cl)C(Cl)Cl. The molecule has 27 heavy (non-hydrogen) atoms. The molecule has 0 spiro atoms. The molecule has 2 saturated carbocycles. The summed E-state index contributed by atoms with van der Waals surface area (Å²) in [5, 5.41) is 0. The van der Waals surface area contributed by atoms with Crippen molar-refractivity contribution in [2.45, 2.75) is 71.8 Å². The number of fused-ring (bicyclic) bond motifs is 1. The molecular weight excluding hydrogens is 582 g/mol. The van der Waals surface area contributed by atoms with Crippen molar-refractivity contribution in [3.63, 3.8) is 0 Å². The Labute approximate surface area is 218 Å². The Morgan fingerprint density at radius 3 is 0.926 bits per heavy atom. The van der Waals surface area contributed by atoms with E-state index in [-0.39, 0.29) is 8.98 Å². The first-order valence-electron chi connectivity index (χ1n) is 8.25. The van der Waals surface area contributed by atoms with Crippen molar-refractivity contribution < 1.29 is 0 Å². The van der Waals surface area contributed by atoms with Crippen molar-refractivity contribution in [2.24, 2.45) is 11.8 Å². The molecule has 0 radical (unpaired) electrons. The predicted octanol–water partition coefficient (Wildman–Crippen LogP) is 11.4. The smallest absolute Gasteiger partial charge is 0.102 e. The highest BCUT2D eigenvalue weighted by Crippen LogP contribution is 2.40. The van der Waals surface area contributed by atoms with Crippen LogP contribution in [0.1, 0.15) is 58.3 Å². The highest BCUT2D eigenvalue weighted by atomic mass is 35.6. The molecule has 0 aromatic heterocycles. The summed E-state index contributed by atoms with van der Waals surface area (Å²) in [6, 6.07) is 0. The number of hydrogen-bond donors (Lipinski definition) is 0. The summed E-state index contributed by atoms with van der Waals surface area (Å²) in [4.78, 5) is -1.35. The molecular formula is C16H23Cl11. The standard InChI is InChI=1S/C10H18.C2H2Cl4.C2Cl4.C2H3Cl3/c1-2-6-10-8-4-3-7-9(10)5-1;2*3-1(4)2(5)6;1-2(3,4)5/h9-10H,1-8H2;1-2H;;1H3. The summed E-state index contributed by atoms with van der Waals surface area (Å²) in [6.45, 7) is 1.48. The van der Waals surface area contributed by atoms with Crippen LogP contribution in [0.3, 0.4) is 0 Å². The van der Waals surface area contributed by atoms with Crippen LogP contribution in [0.15, 0.2) is 8.98 Å². The molecule has 0 saturated heterocycles. The summed E-state index contributed by atoms with van der Waals surface area (Å²) in [6.07, 6.45) is 12.4. The zero-order valence-corrected chi connectivity index (χ0v) is 22.9. The molecule has 0 bridgehead atoms. The minimum absolute atomic E-state index is 0.0988. The molecule has 2 rings (SSSR count).